The van der Waals surface area contributed by atoms with Crippen molar-refractivity contribution in [2.24, 2.45) is 0 Å². The van der Waals surface area contributed by atoms with Crippen LogP contribution in [0.15, 0.2) is 146 Å². The average molecular weight is 808 g/mol. The van der Waals surface area contributed by atoms with Gasteiger partial charge in [0.1, 0.15) is 28.7 Å². The van der Waals surface area contributed by atoms with Crippen LogP contribution >= 0.6 is 0 Å². The van der Waals surface area contributed by atoms with E-state index in [9.17, 15) is 0 Å². The molecule has 0 saturated carbocycles. The van der Waals surface area contributed by atoms with Crippen LogP contribution in [0.1, 0.15) is 98.4 Å². The summed E-state index contributed by atoms with van der Waals surface area (Å²) in [6, 6.07) is 44.4. The second-order valence-electron chi connectivity index (χ2n) is 19.3. The fraction of sp³-hybridized carbons (Fsp3) is 0.250. The monoisotopic (exact) mass is 807 g/mol. The fourth-order valence-corrected chi connectivity index (χ4v) is 8.32. The number of fused-ring (bicyclic) bond motifs is 4. The van der Waals surface area contributed by atoms with E-state index in [-0.39, 0.29) is 38.8 Å². The molecule has 0 radical (unpaired) electrons. The van der Waals surface area contributed by atoms with Gasteiger partial charge in [0.05, 0.1) is 11.0 Å². The summed E-state index contributed by atoms with van der Waals surface area (Å²) >= 11 is 0. The Balaban J connectivity index is 1.18. The molecule has 0 aliphatic heterocycles. The van der Waals surface area contributed by atoms with E-state index in [1.54, 1.807) is 0 Å². The van der Waals surface area contributed by atoms with E-state index in [2.05, 4.69) is 126 Å². The molecule has 6 aromatic carbocycles. The Morgan fingerprint density at radius 2 is 1.23 bits per heavy atom. The van der Waals surface area contributed by atoms with E-state index in [0.29, 0.717) is 22.6 Å². The molecule has 9 aromatic rings. The SMILES string of the molecule is [2H]C([2H])([2H])c1cnc(-n2c3ccccc3c3ccc(Oc4cccc(-n5c[n+](-c6cc(C(C)(C)C)cc(C(C)(C)C)c6)c6ccccc65)c4)cc32)c(C([2H])([2H])[2H])c1-c1ccc(C(C)(C)C)cc1. The molecule has 3 aromatic heterocycles. The number of nitrogens with zero attached hydrogens (tertiary/aromatic N) is 4. The predicted octanol–water partition coefficient (Wildman–Crippen LogP) is 14.4. The number of imidazole rings is 1. The summed E-state index contributed by atoms with van der Waals surface area (Å²) in [7, 11) is 0. The van der Waals surface area contributed by atoms with E-state index in [4.69, 9.17) is 17.9 Å². The second kappa shape index (κ2) is 14.6. The maximum atomic E-state index is 8.98. The highest BCUT2D eigenvalue weighted by Gasteiger charge is 2.26. The number of hydrogen-bond acceptors (Lipinski definition) is 2. The van der Waals surface area contributed by atoms with Gasteiger partial charge in [-0.1, -0.05) is 129 Å². The summed E-state index contributed by atoms with van der Waals surface area (Å²) in [5.41, 5.74) is 9.20. The Kier molecular flexibility index (Phi) is 7.98. The summed E-state index contributed by atoms with van der Waals surface area (Å²) in [5, 5.41) is 1.75. The van der Waals surface area contributed by atoms with Gasteiger partial charge in [0.15, 0.2) is 11.0 Å². The Bertz CT molecular complexity index is 3320. The van der Waals surface area contributed by atoms with Gasteiger partial charge in [0.25, 0.3) is 6.33 Å². The van der Waals surface area contributed by atoms with E-state index in [0.717, 1.165) is 44.3 Å². The van der Waals surface area contributed by atoms with Crippen LogP contribution in [0, 0.1) is 13.7 Å². The molecule has 0 fully saturated rings. The van der Waals surface area contributed by atoms with Crippen LogP contribution in [0.3, 0.4) is 0 Å². The third-order valence-corrected chi connectivity index (χ3v) is 11.8. The van der Waals surface area contributed by atoms with Crippen LogP contribution in [0.5, 0.6) is 11.5 Å². The molecule has 0 aliphatic carbocycles. The van der Waals surface area contributed by atoms with Gasteiger partial charge in [-0.25, -0.2) is 4.98 Å². The minimum absolute atomic E-state index is 0.0432. The second-order valence-corrected chi connectivity index (χ2v) is 19.3. The van der Waals surface area contributed by atoms with Crippen LogP contribution in [0.25, 0.3) is 61.2 Å². The van der Waals surface area contributed by atoms with Crippen LogP contribution in [-0.4, -0.2) is 14.1 Å². The van der Waals surface area contributed by atoms with Crippen molar-refractivity contribution in [1.29, 1.82) is 0 Å². The number of hydrogen-bond donors (Lipinski definition) is 0. The first-order chi connectivity index (χ1) is 31.4. The summed E-state index contributed by atoms with van der Waals surface area (Å²) in [4.78, 5) is 4.74. The van der Waals surface area contributed by atoms with Gasteiger partial charge >= 0.3 is 0 Å². The molecule has 5 heteroatoms. The van der Waals surface area contributed by atoms with Crippen LogP contribution in [-0.2, 0) is 16.2 Å². The van der Waals surface area contributed by atoms with E-state index in [1.165, 1.54) is 17.3 Å². The van der Waals surface area contributed by atoms with Crippen molar-refractivity contribution >= 4 is 32.8 Å². The van der Waals surface area contributed by atoms with Crippen molar-refractivity contribution in [3.63, 3.8) is 0 Å². The standard InChI is InChI=1S/C56H57N4O/c1-36-34-57-53(37(2)52(36)38-23-25-39(26-24-38)54(3,4)5)60-48-20-13-12-19-46(48)47-28-27-45(33-51(47)60)61-44-18-16-17-42(32-44)58-35-59(50-22-15-14-21-49(50)58)43-30-40(55(6,7)8)29-41(31-43)56(9,10)11/h12-35H,1-11H3/q+1/i1D3,2D3. The fourth-order valence-electron chi connectivity index (χ4n) is 8.32. The molecule has 5 nitrogen and oxygen atoms in total. The zero-order valence-corrected chi connectivity index (χ0v) is 36.6. The molecule has 0 aliphatic rings. The summed E-state index contributed by atoms with van der Waals surface area (Å²) < 4.78 is 65.5. The normalized spacial score (nSPS) is 14.4. The van der Waals surface area contributed by atoms with Crippen molar-refractivity contribution in [3.05, 3.63) is 174 Å². The minimum Gasteiger partial charge on any atom is -0.457 e. The van der Waals surface area contributed by atoms with Crippen LogP contribution in [0.2, 0.25) is 0 Å². The van der Waals surface area contributed by atoms with Crippen LogP contribution in [0.4, 0.5) is 0 Å². The smallest absolute Gasteiger partial charge is 0.255 e. The number of ether oxygens (including phenoxy) is 1. The van der Waals surface area contributed by atoms with E-state index < -0.39 is 13.7 Å². The molecule has 0 amide bonds. The predicted molar refractivity (Wildman–Crippen MR) is 254 cm³/mol. The van der Waals surface area contributed by atoms with Crippen molar-refractivity contribution < 1.29 is 17.5 Å². The summed E-state index contributed by atoms with van der Waals surface area (Å²) in [5.74, 6) is 1.27. The lowest BCUT2D eigenvalue weighted by Crippen LogP contribution is -2.31. The van der Waals surface area contributed by atoms with Gasteiger partial charge < -0.3 is 4.74 Å². The molecule has 0 unspecified atom stereocenters. The van der Waals surface area contributed by atoms with E-state index >= 15 is 0 Å². The lowest BCUT2D eigenvalue weighted by molar-refractivity contribution is -0.567. The molecule has 9 rings (SSSR count). The highest BCUT2D eigenvalue weighted by atomic mass is 16.5. The third-order valence-electron chi connectivity index (χ3n) is 11.8. The van der Waals surface area contributed by atoms with E-state index in [1.807, 2.05) is 89.5 Å². The van der Waals surface area contributed by atoms with Gasteiger partial charge in [0.2, 0.25) is 0 Å². The Labute approximate surface area is 369 Å². The Morgan fingerprint density at radius 3 is 1.92 bits per heavy atom. The van der Waals surface area contributed by atoms with Gasteiger partial charge in [-0.15, -0.1) is 0 Å². The first-order valence-corrected chi connectivity index (χ1v) is 21.0. The highest BCUT2D eigenvalue weighted by molar-refractivity contribution is 6.09. The van der Waals surface area contributed by atoms with Crippen molar-refractivity contribution in [2.45, 2.75) is 92.3 Å². The van der Waals surface area contributed by atoms with Gasteiger partial charge in [-0.05, 0) is 118 Å². The first kappa shape index (κ1) is 33.3. The highest BCUT2D eigenvalue weighted by Crippen LogP contribution is 2.39. The molecule has 0 bridgehead atoms. The molecule has 3 heterocycles. The quantitative estimate of drug-likeness (QED) is 0.157. The molecule has 0 N–H and O–H groups in total. The Hall–Kier alpha value is -6.46. The largest absolute Gasteiger partial charge is 0.457 e. The molecule has 306 valence electrons. The number of rotatable bonds is 6. The summed E-state index contributed by atoms with van der Waals surface area (Å²) in [6.45, 7) is 14.4. The zero-order valence-electron chi connectivity index (χ0n) is 42.6. The number of aryl methyl sites for hydroxylation is 1. The number of aromatic nitrogens is 4. The van der Waals surface area contributed by atoms with Crippen molar-refractivity contribution in [1.82, 2.24) is 14.1 Å². The maximum Gasteiger partial charge on any atom is 0.255 e. The molecule has 0 saturated heterocycles. The molecular weight excluding hydrogens is 745 g/mol. The first-order valence-electron chi connectivity index (χ1n) is 24.0. The lowest BCUT2D eigenvalue weighted by atomic mass is 9.80. The third kappa shape index (κ3) is 7.30. The lowest BCUT2D eigenvalue weighted by Gasteiger charge is -2.25. The number of para-hydroxylation sites is 3. The van der Waals surface area contributed by atoms with Crippen molar-refractivity contribution in [2.75, 3.05) is 0 Å². The van der Waals surface area contributed by atoms with Gasteiger partial charge in [-0.3, -0.25) is 4.57 Å². The van der Waals surface area contributed by atoms with Gasteiger partial charge in [-0.2, -0.15) is 9.13 Å². The Morgan fingerprint density at radius 1 is 0.574 bits per heavy atom. The topological polar surface area (TPSA) is 35.9 Å². The van der Waals surface area contributed by atoms with Gasteiger partial charge in [0, 0.05) is 42.9 Å². The zero-order chi connectivity index (χ0) is 48.0. The molecule has 61 heavy (non-hydrogen) atoms. The average Bonchev–Trinajstić information content (AvgIpc) is 3.80. The van der Waals surface area contributed by atoms with Crippen LogP contribution < -0.4 is 9.30 Å². The molecule has 0 atom stereocenters. The molecular formula is C56H57N4O+. The number of benzene rings is 6. The minimum atomic E-state index is -2.75. The number of pyridine rings is 1. The van der Waals surface area contributed by atoms with Crippen molar-refractivity contribution in [3.8, 4) is 39.8 Å². The summed E-state index contributed by atoms with van der Waals surface area (Å²) in [6.07, 6.45) is 3.46. The maximum absolute atomic E-state index is 8.98. The molecule has 0 spiro atoms.